The van der Waals surface area contributed by atoms with Crippen LogP contribution in [0.3, 0.4) is 0 Å². The van der Waals surface area contributed by atoms with Gasteiger partial charge in [0.25, 0.3) is 0 Å². The molecular weight excluding hydrogens is 342 g/mol. The Bertz CT molecular complexity index is 921. The van der Waals surface area contributed by atoms with Crippen molar-refractivity contribution in [2.45, 2.75) is 0 Å². The zero-order valence-corrected chi connectivity index (χ0v) is 14.3. The topological polar surface area (TPSA) is 65.7 Å². The second kappa shape index (κ2) is 7.92. The molecule has 0 bridgehead atoms. The van der Waals surface area contributed by atoms with Crippen molar-refractivity contribution >= 4 is 29.2 Å². The third-order valence-electron chi connectivity index (χ3n) is 3.52. The van der Waals surface area contributed by atoms with Gasteiger partial charge in [-0.3, -0.25) is 0 Å². The molecule has 0 unspecified atom stereocenters. The molecular formula is C18H16ClN3O3. The van der Waals surface area contributed by atoms with Crippen LogP contribution in [0.2, 0.25) is 5.02 Å². The van der Waals surface area contributed by atoms with Crippen molar-refractivity contribution in [3.05, 3.63) is 59.3 Å². The molecule has 7 heteroatoms. The molecule has 2 aromatic heterocycles. The second-order valence-electron chi connectivity index (χ2n) is 5.19. The van der Waals surface area contributed by atoms with E-state index in [-0.39, 0.29) is 6.61 Å². The number of benzene rings is 1. The maximum absolute atomic E-state index is 11.8. The molecule has 0 aliphatic carbocycles. The summed E-state index contributed by atoms with van der Waals surface area (Å²) in [6.07, 6.45) is 4.84. The highest BCUT2D eigenvalue weighted by Gasteiger charge is 2.12. The lowest BCUT2D eigenvalue weighted by molar-refractivity contribution is -0.138. The second-order valence-corrected chi connectivity index (χ2v) is 5.63. The number of aromatic nitrogens is 3. The Kier molecular flexibility index (Phi) is 5.42. The summed E-state index contributed by atoms with van der Waals surface area (Å²) in [5, 5.41) is 8.92. The standard InChI is InChI=1S/C18H16ClN3O3/c1-24-10-11-25-17(23)8-5-13-12-14(19)6-7-15(13)18-16-4-2-3-9-22(16)21-20-18/h2-9,12H,10-11H2,1H3/b8-5+. The molecule has 2 heterocycles. The minimum atomic E-state index is -0.448. The third-order valence-corrected chi connectivity index (χ3v) is 3.76. The van der Waals surface area contributed by atoms with Crippen molar-refractivity contribution in [1.82, 2.24) is 14.8 Å². The molecule has 3 aromatic rings. The fraction of sp³-hybridized carbons (Fsp3) is 0.167. The molecule has 0 atom stereocenters. The van der Waals surface area contributed by atoms with Gasteiger partial charge in [0, 0.05) is 30.0 Å². The zero-order valence-electron chi connectivity index (χ0n) is 13.6. The van der Waals surface area contributed by atoms with Crippen molar-refractivity contribution in [2.75, 3.05) is 20.3 Å². The normalized spacial score (nSPS) is 11.3. The predicted molar refractivity (Wildman–Crippen MR) is 95.3 cm³/mol. The number of hydrogen-bond acceptors (Lipinski definition) is 5. The van der Waals surface area contributed by atoms with Crippen molar-refractivity contribution in [3.8, 4) is 11.3 Å². The van der Waals surface area contributed by atoms with Crippen LogP contribution >= 0.6 is 11.6 Å². The number of fused-ring (bicyclic) bond motifs is 1. The SMILES string of the molecule is COCCOC(=O)/C=C/c1cc(Cl)ccc1-c1nnn2ccccc12. The van der Waals surface area contributed by atoms with Crippen LogP contribution in [0.25, 0.3) is 22.9 Å². The zero-order chi connectivity index (χ0) is 17.6. The van der Waals surface area contributed by atoms with Crippen LogP contribution in [-0.2, 0) is 14.3 Å². The van der Waals surface area contributed by atoms with Crippen LogP contribution in [0.15, 0.2) is 48.7 Å². The first kappa shape index (κ1) is 17.1. The van der Waals surface area contributed by atoms with E-state index in [0.717, 1.165) is 16.6 Å². The van der Waals surface area contributed by atoms with E-state index in [1.165, 1.54) is 6.08 Å². The average Bonchev–Trinajstić information content (AvgIpc) is 3.04. The fourth-order valence-corrected chi connectivity index (χ4v) is 2.54. The van der Waals surface area contributed by atoms with Gasteiger partial charge in [0.15, 0.2) is 0 Å². The van der Waals surface area contributed by atoms with Crippen molar-refractivity contribution in [1.29, 1.82) is 0 Å². The van der Waals surface area contributed by atoms with E-state index < -0.39 is 5.97 Å². The summed E-state index contributed by atoms with van der Waals surface area (Å²) in [4.78, 5) is 11.8. The maximum Gasteiger partial charge on any atom is 0.330 e. The minimum Gasteiger partial charge on any atom is -0.460 e. The largest absolute Gasteiger partial charge is 0.460 e. The minimum absolute atomic E-state index is 0.206. The summed E-state index contributed by atoms with van der Waals surface area (Å²) in [7, 11) is 1.55. The number of nitrogens with zero attached hydrogens (tertiary/aromatic N) is 3. The molecule has 0 fully saturated rings. The lowest BCUT2D eigenvalue weighted by atomic mass is 10.0. The molecule has 0 radical (unpaired) electrons. The van der Waals surface area contributed by atoms with Gasteiger partial charge in [0.05, 0.1) is 12.1 Å². The number of carbonyl (C=O) groups is 1. The molecule has 25 heavy (non-hydrogen) atoms. The monoisotopic (exact) mass is 357 g/mol. The van der Waals surface area contributed by atoms with E-state index in [4.69, 9.17) is 21.1 Å². The molecule has 1 aromatic carbocycles. The highest BCUT2D eigenvalue weighted by Crippen LogP contribution is 2.29. The Labute approximate surface area is 149 Å². The Balaban J connectivity index is 1.92. The molecule has 0 saturated carbocycles. The quantitative estimate of drug-likeness (QED) is 0.385. The van der Waals surface area contributed by atoms with Crippen molar-refractivity contribution in [3.63, 3.8) is 0 Å². The first-order valence-corrected chi connectivity index (χ1v) is 8.00. The number of hydrogen-bond donors (Lipinski definition) is 0. The lowest BCUT2D eigenvalue weighted by Gasteiger charge is -2.05. The van der Waals surface area contributed by atoms with Crippen LogP contribution in [0, 0.1) is 0 Å². The first-order valence-electron chi connectivity index (χ1n) is 7.63. The maximum atomic E-state index is 11.8. The van der Waals surface area contributed by atoms with Crippen molar-refractivity contribution in [2.24, 2.45) is 0 Å². The van der Waals surface area contributed by atoms with Gasteiger partial charge in [0.2, 0.25) is 0 Å². The molecule has 0 spiro atoms. The van der Waals surface area contributed by atoms with Gasteiger partial charge in [-0.05, 0) is 35.9 Å². The molecule has 3 rings (SSSR count). The van der Waals surface area contributed by atoms with Crippen LogP contribution in [0.5, 0.6) is 0 Å². The molecule has 0 amide bonds. The average molecular weight is 358 g/mol. The van der Waals surface area contributed by atoms with Gasteiger partial charge in [-0.25, -0.2) is 9.31 Å². The third kappa shape index (κ3) is 4.04. The van der Waals surface area contributed by atoms with Gasteiger partial charge < -0.3 is 9.47 Å². The number of rotatable bonds is 6. The van der Waals surface area contributed by atoms with Crippen LogP contribution in [0.4, 0.5) is 0 Å². The summed E-state index contributed by atoms with van der Waals surface area (Å²) < 4.78 is 11.6. The van der Waals surface area contributed by atoms with Gasteiger partial charge in [0.1, 0.15) is 12.3 Å². The van der Waals surface area contributed by atoms with Crippen LogP contribution < -0.4 is 0 Å². The molecule has 0 N–H and O–H groups in total. The number of pyridine rings is 1. The number of carbonyl (C=O) groups excluding carboxylic acids is 1. The summed E-state index contributed by atoms with van der Waals surface area (Å²) in [5.41, 5.74) is 3.15. The van der Waals surface area contributed by atoms with E-state index in [2.05, 4.69) is 10.3 Å². The Hall–Kier alpha value is -2.70. The van der Waals surface area contributed by atoms with E-state index in [1.807, 2.05) is 30.5 Å². The van der Waals surface area contributed by atoms with E-state index in [1.54, 1.807) is 29.8 Å². The number of halogens is 1. The summed E-state index contributed by atoms with van der Waals surface area (Å²) in [5.74, 6) is -0.448. The number of ether oxygens (including phenoxy) is 2. The Morgan fingerprint density at radius 3 is 3.00 bits per heavy atom. The van der Waals surface area contributed by atoms with E-state index >= 15 is 0 Å². The highest BCUT2D eigenvalue weighted by molar-refractivity contribution is 6.30. The lowest BCUT2D eigenvalue weighted by Crippen LogP contribution is -2.06. The molecule has 6 nitrogen and oxygen atoms in total. The van der Waals surface area contributed by atoms with Crippen LogP contribution in [0.1, 0.15) is 5.56 Å². The molecule has 0 aliphatic rings. The summed E-state index contributed by atoms with van der Waals surface area (Å²) >= 11 is 6.11. The van der Waals surface area contributed by atoms with Gasteiger partial charge in [-0.1, -0.05) is 28.9 Å². The highest BCUT2D eigenvalue weighted by atomic mass is 35.5. The molecule has 0 saturated heterocycles. The molecule has 0 aliphatic heterocycles. The molecule has 128 valence electrons. The fourth-order valence-electron chi connectivity index (χ4n) is 2.35. The summed E-state index contributed by atoms with van der Waals surface area (Å²) in [6, 6.07) is 11.1. The Morgan fingerprint density at radius 1 is 1.28 bits per heavy atom. The van der Waals surface area contributed by atoms with Crippen molar-refractivity contribution < 1.29 is 14.3 Å². The van der Waals surface area contributed by atoms with Gasteiger partial charge in [-0.2, -0.15) is 0 Å². The van der Waals surface area contributed by atoms with Gasteiger partial charge >= 0.3 is 5.97 Å². The van der Waals surface area contributed by atoms with Crippen LogP contribution in [-0.4, -0.2) is 41.1 Å². The van der Waals surface area contributed by atoms with E-state index in [9.17, 15) is 4.79 Å². The predicted octanol–water partition coefficient (Wildman–Crippen LogP) is 3.25. The Morgan fingerprint density at radius 2 is 2.16 bits per heavy atom. The van der Waals surface area contributed by atoms with Gasteiger partial charge in [-0.15, -0.1) is 5.10 Å². The van der Waals surface area contributed by atoms with E-state index in [0.29, 0.717) is 17.3 Å². The number of esters is 1. The smallest absolute Gasteiger partial charge is 0.330 e. The number of methoxy groups -OCH3 is 1. The first-order chi connectivity index (χ1) is 12.2. The summed E-state index contributed by atoms with van der Waals surface area (Å²) in [6.45, 7) is 0.562.